The number of amides is 2. The van der Waals surface area contributed by atoms with Crippen LogP contribution in [0.5, 0.6) is 0 Å². The fraction of sp³-hybridized carbons (Fsp3) is 0.286. The third-order valence-electron chi connectivity index (χ3n) is 7.68. The van der Waals surface area contributed by atoms with Gasteiger partial charge in [-0.2, -0.15) is 0 Å². The maximum atomic E-state index is 15.0. The van der Waals surface area contributed by atoms with E-state index >= 15 is 0 Å². The number of urea groups is 1. The molecule has 0 spiro atoms. The molecule has 2 heterocycles. The Labute approximate surface area is 280 Å². The summed E-state index contributed by atoms with van der Waals surface area (Å²) in [5.74, 6) is -1.60. The molecular formula is C35H37F2N5O5S. The van der Waals surface area contributed by atoms with E-state index < -0.39 is 29.4 Å². The van der Waals surface area contributed by atoms with Gasteiger partial charge in [0.2, 0.25) is 0 Å². The molecule has 0 aliphatic carbocycles. The Hall–Kier alpha value is -4.69. The van der Waals surface area contributed by atoms with Gasteiger partial charge in [0.25, 0.3) is 5.56 Å². The Balaban J connectivity index is 1.71. The van der Waals surface area contributed by atoms with Gasteiger partial charge in [-0.1, -0.05) is 36.4 Å². The Morgan fingerprint density at radius 3 is 2.29 bits per heavy atom. The van der Waals surface area contributed by atoms with Crippen LogP contribution in [0.1, 0.15) is 18.1 Å². The standard InChI is InChI=1S/C35H37F2N5O5S/c1-4-38-34(44)39-24-15-13-23(14-16-24)31-27(21-40(2)17-18-47-20-19-46-3)30-32(43)42(25-9-6-5-7-10-25)35(45)41(33(30)48-31)22-26-28(36)11-8-12-29(26)37/h5-16H,4,17-22H2,1-3H3,(H2,38,39,44). The first-order chi connectivity index (χ1) is 23.2. The molecule has 252 valence electrons. The number of hydrogen-bond donors (Lipinski definition) is 2. The molecule has 5 aromatic rings. The van der Waals surface area contributed by atoms with Crippen LogP contribution in [0.15, 0.2) is 82.4 Å². The molecule has 48 heavy (non-hydrogen) atoms. The van der Waals surface area contributed by atoms with Crippen molar-refractivity contribution in [1.29, 1.82) is 0 Å². The van der Waals surface area contributed by atoms with Crippen molar-refractivity contribution in [3.63, 3.8) is 0 Å². The molecule has 0 fully saturated rings. The summed E-state index contributed by atoms with van der Waals surface area (Å²) in [5, 5.41) is 5.73. The number of likely N-dealkylation sites (N-methyl/N-ethyl adjacent to an activating group) is 1. The van der Waals surface area contributed by atoms with E-state index in [9.17, 15) is 23.2 Å². The smallest absolute Gasteiger partial charge is 0.337 e. The summed E-state index contributed by atoms with van der Waals surface area (Å²) in [4.78, 5) is 43.6. The number of rotatable bonds is 14. The second kappa shape index (κ2) is 15.9. The van der Waals surface area contributed by atoms with Gasteiger partial charge in [0.15, 0.2) is 0 Å². The molecule has 0 atom stereocenters. The number of aromatic nitrogens is 2. The summed E-state index contributed by atoms with van der Waals surface area (Å²) in [6.45, 7) is 4.02. The molecule has 0 saturated carbocycles. The van der Waals surface area contributed by atoms with Crippen LogP contribution in [0.25, 0.3) is 26.3 Å². The third-order valence-corrected chi connectivity index (χ3v) is 8.99. The van der Waals surface area contributed by atoms with Crippen molar-refractivity contribution in [3.8, 4) is 16.1 Å². The van der Waals surface area contributed by atoms with E-state index in [2.05, 4.69) is 10.6 Å². The second-order valence-electron chi connectivity index (χ2n) is 11.0. The summed E-state index contributed by atoms with van der Waals surface area (Å²) in [5.41, 5.74) is 0.732. The van der Waals surface area contributed by atoms with E-state index in [4.69, 9.17) is 9.47 Å². The van der Waals surface area contributed by atoms with E-state index in [1.807, 2.05) is 31.0 Å². The fourth-order valence-electron chi connectivity index (χ4n) is 5.29. The lowest BCUT2D eigenvalue weighted by Gasteiger charge is -2.18. The molecule has 0 radical (unpaired) electrons. The number of carbonyl (C=O) groups excluding carboxylic acids is 1. The lowest BCUT2D eigenvalue weighted by molar-refractivity contribution is 0.0598. The van der Waals surface area contributed by atoms with Crippen molar-refractivity contribution < 1.29 is 23.0 Å². The van der Waals surface area contributed by atoms with Gasteiger partial charge in [-0.05, 0) is 61.5 Å². The van der Waals surface area contributed by atoms with Crippen molar-refractivity contribution >= 4 is 33.3 Å². The summed E-state index contributed by atoms with van der Waals surface area (Å²) < 4.78 is 43.0. The van der Waals surface area contributed by atoms with E-state index in [0.717, 1.165) is 22.3 Å². The normalized spacial score (nSPS) is 11.4. The van der Waals surface area contributed by atoms with Gasteiger partial charge in [0.1, 0.15) is 16.5 Å². The first-order valence-corrected chi connectivity index (χ1v) is 16.2. The van der Waals surface area contributed by atoms with Crippen LogP contribution in [-0.4, -0.2) is 67.1 Å². The number of fused-ring (bicyclic) bond motifs is 1. The number of benzene rings is 3. The molecule has 2 aromatic heterocycles. The SMILES string of the molecule is CCNC(=O)Nc1ccc(-c2sc3c(c2CN(C)CCOCCOC)c(=O)n(-c2ccccc2)c(=O)n3Cc2c(F)cccc2F)cc1. The number of methoxy groups -OCH3 is 1. The minimum Gasteiger partial charge on any atom is -0.382 e. The molecule has 0 saturated heterocycles. The summed E-state index contributed by atoms with van der Waals surface area (Å²) in [6, 6.07) is 18.8. The van der Waals surface area contributed by atoms with E-state index in [0.29, 0.717) is 66.1 Å². The maximum absolute atomic E-state index is 15.0. The van der Waals surface area contributed by atoms with Crippen molar-refractivity contribution in [2.45, 2.75) is 20.0 Å². The first-order valence-electron chi connectivity index (χ1n) is 15.4. The van der Waals surface area contributed by atoms with Gasteiger partial charge >= 0.3 is 11.7 Å². The first kappa shape index (κ1) is 34.6. The van der Waals surface area contributed by atoms with Crippen molar-refractivity contribution in [2.24, 2.45) is 0 Å². The fourth-order valence-corrected chi connectivity index (χ4v) is 6.60. The molecule has 0 aliphatic rings. The van der Waals surface area contributed by atoms with Crippen molar-refractivity contribution in [1.82, 2.24) is 19.4 Å². The van der Waals surface area contributed by atoms with Crippen LogP contribution in [0, 0.1) is 11.6 Å². The molecule has 10 nitrogen and oxygen atoms in total. The largest absolute Gasteiger partial charge is 0.382 e. The zero-order valence-corrected chi connectivity index (χ0v) is 27.7. The molecule has 0 unspecified atom stereocenters. The predicted molar refractivity (Wildman–Crippen MR) is 184 cm³/mol. The zero-order chi connectivity index (χ0) is 34.2. The number of anilines is 1. The lowest BCUT2D eigenvalue weighted by Crippen LogP contribution is -2.39. The number of carbonyl (C=O) groups is 1. The van der Waals surface area contributed by atoms with Gasteiger partial charge in [0, 0.05) is 42.9 Å². The minimum atomic E-state index is -0.798. The van der Waals surface area contributed by atoms with E-state index in [1.54, 1.807) is 49.6 Å². The summed E-state index contributed by atoms with van der Waals surface area (Å²) in [6.07, 6.45) is 0. The number of hydrogen-bond acceptors (Lipinski definition) is 7. The quantitative estimate of drug-likeness (QED) is 0.152. The number of thiophene rings is 1. The molecule has 3 aromatic carbocycles. The number of ether oxygens (including phenoxy) is 2. The highest BCUT2D eigenvalue weighted by atomic mass is 32.1. The number of para-hydroxylation sites is 1. The Kier molecular flexibility index (Phi) is 11.5. The number of nitrogens with zero attached hydrogens (tertiary/aromatic N) is 3. The van der Waals surface area contributed by atoms with Gasteiger partial charge in [-0.25, -0.2) is 22.9 Å². The molecule has 2 amide bonds. The molecule has 2 N–H and O–H groups in total. The maximum Gasteiger partial charge on any atom is 0.337 e. The summed E-state index contributed by atoms with van der Waals surface area (Å²) in [7, 11) is 3.50. The summed E-state index contributed by atoms with van der Waals surface area (Å²) >= 11 is 1.20. The average molecular weight is 678 g/mol. The Morgan fingerprint density at radius 2 is 1.62 bits per heavy atom. The van der Waals surface area contributed by atoms with Gasteiger partial charge in [0.05, 0.1) is 37.4 Å². The van der Waals surface area contributed by atoms with Crippen LogP contribution >= 0.6 is 11.3 Å². The molecule has 5 rings (SSSR count). The van der Waals surface area contributed by atoms with Crippen LogP contribution < -0.4 is 21.9 Å². The molecule has 13 heteroatoms. The van der Waals surface area contributed by atoms with Crippen LogP contribution in [0.3, 0.4) is 0 Å². The third kappa shape index (κ3) is 7.71. The number of nitrogens with one attached hydrogen (secondary N) is 2. The highest BCUT2D eigenvalue weighted by Crippen LogP contribution is 2.38. The number of halogens is 2. The van der Waals surface area contributed by atoms with Gasteiger partial charge in [-0.15, -0.1) is 11.3 Å². The zero-order valence-electron chi connectivity index (χ0n) is 26.9. The topological polar surface area (TPSA) is 107 Å². The molecular weight excluding hydrogens is 640 g/mol. The van der Waals surface area contributed by atoms with Crippen molar-refractivity contribution in [2.75, 3.05) is 52.4 Å². The van der Waals surface area contributed by atoms with Crippen LogP contribution in [0.2, 0.25) is 0 Å². The minimum absolute atomic E-state index is 0.270. The lowest BCUT2D eigenvalue weighted by atomic mass is 10.1. The molecule has 0 bridgehead atoms. The van der Waals surface area contributed by atoms with Gasteiger partial charge < -0.3 is 20.1 Å². The van der Waals surface area contributed by atoms with Crippen LogP contribution in [0.4, 0.5) is 19.3 Å². The van der Waals surface area contributed by atoms with Crippen molar-refractivity contribution in [3.05, 3.63) is 116 Å². The predicted octanol–water partition coefficient (Wildman–Crippen LogP) is 5.44. The molecule has 0 aliphatic heterocycles. The highest BCUT2D eigenvalue weighted by Gasteiger charge is 2.25. The highest BCUT2D eigenvalue weighted by molar-refractivity contribution is 7.22. The van der Waals surface area contributed by atoms with Gasteiger partial charge in [-0.3, -0.25) is 14.3 Å². The average Bonchev–Trinajstić information content (AvgIpc) is 3.44. The Bertz CT molecular complexity index is 1970. The second-order valence-corrected chi connectivity index (χ2v) is 12.0. The van der Waals surface area contributed by atoms with Crippen LogP contribution in [-0.2, 0) is 22.6 Å². The monoisotopic (exact) mass is 677 g/mol. The van der Waals surface area contributed by atoms with E-state index in [-0.39, 0.29) is 17.0 Å². The Morgan fingerprint density at radius 1 is 0.917 bits per heavy atom. The van der Waals surface area contributed by atoms with E-state index in [1.165, 1.54) is 22.0 Å².